The van der Waals surface area contributed by atoms with Gasteiger partial charge in [-0.25, -0.2) is 0 Å². The van der Waals surface area contributed by atoms with E-state index in [-0.39, 0.29) is 5.69 Å². The van der Waals surface area contributed by atoms with Crippen LogP contribution in [0.2, 0.25) is 0 Å². The Kier molecular flexibility index (Phi) is 3.65. The lowest BCUT2D eigenvalue weighted by Crippen LogP contribution is -1.97. The molecule has 0 unspecified atom stereocenters. The SMILES string of the molecule is CCOc1cc(Nc2cnn(C)c2)cc([N+](=O)[O-])c1. The van der Waals surface area contributed by atoms with Crippen LogP contribution in [0.25, 0.3) is 0 Å². The standard InChI is InChI=1S/C12H14N4O3/c1-3-19-12-5-9(4-11(6-12)16(17)18)14-10-7-13-15(2)8-10/h4-8,14H,3H2,1-2H3. The van der Waals surface area contributed by atoms with Crippen molar-refractivity contribution in [3.8, 4) is 5.75 Å². The van der Waals surface area contributed by atoms with Gasteiger partial charge in [0.1, 0.15) is 5.75 Å². The maximum absolute atomic E-state index is 10.9. The van der Waals surface area contributed by atoms with Gasteiger partial charge in [0, 0.05) is 31.1 Å². The van der Waals surface area contributed by atoms with Crippen molar-refractivity contribution in [3.63, 3.8) is 0 Å². The predicted octanol–water partition coefficient (Wildman–Crippen LogP) is 2.47. The van der Waals surface area contributed by atoms with Gasteiger partial charge in [0.2, 0.25) is 0 Å². The molecule has 0 radical (unpaired) electrons. The van der Waals surface area contributed by atoms with Crippen LogP contribution < -0.4 is 10.1 Å². The van der Waals surface area contributed by atoms with Crippen molar-refractivity contribution < 1.29 is 9.66 Å². The molecule has 100 valence electrons. The summed E-state index contributed by atoms with van der Waals surface area (Å²) < 4.78 is 6.96. The average molecular weight is 262 g/mol. The highest BCUT2D eigenvalue weighted by Crippen LogP contribution is 2.28. The molecule has 1 heterocycles. The summed E-state index contributed by atoms with van der Waals surface area (Å²) >= 11 is 0. The lowest BCUT2D eigenvalue weighted by molar-refractivity contribution is -0.384. The normalized spacial score (nSPS) is 10.2. The van der Waals surface area contributed by atoms with E-state index in [0.29, 0.717) is 18.0 Å². The first-order valence-corrected chi connectivity index (χ1v) is 5.76. The number of ether oxygens (including phenoxy) is 1. The summed E-state index contributed by atoms with van der Waals surface area (Å²) in [6.07, 6.45) is 3.42. The quantitative estimate of drug-likeness (QED) is 0.661. The Balaban J connectivity index is 2.30. The van der Waals surface area contributed by atoms with Crippen LogP contribution in [0.15, 0.2) is 30.6 Å². The molecule has 1 N–H and O–H groups in total. The summed E-state index contributed by atoms with van der Waals surface area (Å²) in [7, 11) is 1.80. The number of non-ortho nitro benzene ring substituents is 1. The highest BCUT2D eigenvalue weighted by atomic mass is 16.6. The van der Waals surface area contributed by atoms with E-state index in [1.165, 1.54) is 12.1 Å². The Bertz CT molecular complexity index is 594. The van der Waals surface area contributed by atoms with Crippen LogP contribution in [0, 0.1) is 10.1 Å². The van der Waals surface area contributed by atoms with Gasteiger partial charge in [-0.3, -0.25) is 14.8 Å². The Labute approximate surface area is 110 Å². The van der Waals surface area contributed by atoms with E-state index in [1.807, 2.05) is 6.92 Å². The number of aromatic nitrogens is 2. The van der Waals surface area contributed by atoms with Gasteiger partial charge in [-0.1, -0.05) is 0 Å². The number of nitro groups is 1. The zero-order valence-electron chi connectivity index (χ0n) is 10.7. The smallest absolute Gasteiger partial charge is 0.275 e. The molecule has 19 heavy (non-hydrogen) atoms. The molecule has 0 aliphatic rings. The van der Waals surface area contributed by atoms with E-state index in [0.717, 1.165) is 5.69 Å². The summed E-state index contributed by atoms with van der Waals surface area (Å²) in [5.41, 5.74) is 1.33. The first kappa shape index (κ1) is 12.9. The van der Waals surface area contributed by atoms with Crippen LogP contribution in [0.5, 0.6) is 5.75 Å². The molecule has 2 aromatic rings. The fraction of sp³-hybridized carbons (Fsp3) is 0.250. The van der Waals surface area contributed by atoms with Gasteiger partial charge in [-0.2, -0.15) is 5.10 Å². The third kappa shape index (κ3) is 3.21. The average Bonchev–Trinajstić information content (AvgIpc) is 2.75. The van der Waals surface area contributed by atoms with Gasteiger partial charge in [-0.15, -0.1) is 0 Å². The van der Waals surface area contributed by atoms with Crippen molar-refractivity contribution in [3.05, 3.63) is 40.7 Å². The Morgan fingerprint density at radius 2 is 2.21 bits per heavy atom. The first-order chi connectivity index (χ1) is 9.08. The highest BCUT2D eigenvalue weighted by molar-refractivity contribution is 5.63. The molecule has 0 aliphatic carbocycles. The van der Waals surface area contributed by atoms with Crippen molar-refractivity contribution in [2.24, 2.45) is 7.05 Å². The van der Waals surface area contributed by atoms with Crippen LogP contribution in [-0.4, -0.2) is 21.3 Å². The molecule has 0 fully saturated rings. The van der Waals surface area contributed by atoms with Gasteiger partial charge in [0.25, 0.3) is 5.69 Å². The molecular formula is C12H14N4O3. The van der Waals surface area contributed by atoms with Crippen LogP contribution in [0.4, 0.5) is 17.1 Å². The Hall–Kier alpha value is -2.57. The van der Waals surface area contributed by atoms with Crippen molar-refractivity contribution in [1.82, 2.24) is 9.78 Å². The number of hydrogen-bond donors (Lipinski definition) is 1. The van der Waals surface area contributed by atoms with Crippen molar-refractivity contribution in [2.45, 2.75) is 6.92 Å². The maximum atomic E-state index is 10.9. The molecule has 7 heteroatoms. The monoisotopic (exact) mass is 262 g/mol. The number of nitrogens with zero attached hydrogens (tertiary/aromatic N) is 3. The molecule has 7 nitrogen and oxygen atoms in total. The lowest BCUT2D eigenvalue weighted by Gasteiger charge is -2.07. The Morgan fingerprint density at radius 1 is 1.42 bits per heavy atom. The van der Waals surface area contributed by atoms with Crippen molar-refractivity contribution in [2.75, 3.05) is 11.9 Å². The molecule has 0 bridgehead atoms. The van der Waals surface area contributed by atoms with Gasteiger partial charge >= 0.3 is 0 Å². The molecule has 0 saturated heterocycles. The topological polar surface area (TPSA) is 82.2 Å². The minimum Gasteiger partial charge on any atom is -0.494 e. The summed E-state index contributed by atoms with van der Waals surface area (Å²) in [4.78, 5) is 10.4. The molecule has 0 saturated carbocycles. The Morgan fingerprint density at radius 3 is 2.79 bits per heavy atom. The molecule has 0 aliphatic heterocycles. The van der Waals surface area contributed by atoms with E-state index in [1.54, 1.807) is 30.2 Å². The zero-order valence-corrected chi connectivity index (χ0v) is 10.7. The summed E-state index contributed by atoms with van der Waals surface area (Å²) in [5.74, 6) is 0.461. The third-order valence-electron chi connectivity index (χ3n) is 2.41. The molecule has 1 aromatic carbocycles. The lowest BCUT2D eigenvalue weighted by atomic mass is 10.2. The number of nitro benzene ring substituents is 1. The summed E-state index contributed by atoms with van der Waals surface area (Å²) in [6, 6.07) is 4.57. The van der Waals surface area contributed by atoms with E-state index in [4.69, 9.17) is 4.74 Å². The number of nitrogens with one attached hydrogen (secondary N) is 1. The highest BCUT2D eigenvalue weighted by Gasteiger charge is 2.11. The minimum atomic E-state index is -0.447. The largest absolute Gasteiger partial charge is 0.494 e. The van der Waals surface area contributed by atoms with Gasteiger partial charge < -0.3 is 10.1 Å². The molecule has 0 spiro atoms. The number of benzene rings is 1. The molecule has 1 aromatic heterocycles. The van der Waals surface area contributed by atoms with E-state index >= 15 is 0 Å². The maximum Gasteiger partial charge on any atom is 0.275 e. The number of aryl methyl sites for hydroxylation is 1. The third-order valence-corrected chi connectivity index (χ3v) is 2.41. The van der Waals surface area contributed by atoms with Gasteiger partial charge in [-0.05, 0) is 6.92 Å². The second-order valence-electron chi connectivity index (χ2n) is 3.93. The minimum absolute atomic E-state index is 0.0164. The molecular weight excluding hydrogens is 248 g/mol. The van der Waals surface area contributed by atoms with Crippen LogP contribution in [0.1, 0.15) is 6.92 Å². The van der Waals surface area contributed by atoms with E-state index in [2.05, 4.69) is 10.4 Å². The van der Waals surface area contributed by atoms with Gasteiger partial charge in [0.05, 0.1) is 29.5 Å². The molecule has 0 amide bonds. The molecule has 0 atom stereocenters. The van der Waals surface area contributed by atoms with Crippen molar-refractivity contribution >= 4 is 17.1 Å². The van der Waals surface area contributed by atoms with Crippen LogP contribution in [-0.2, 0) is 7.05 Å². The first-order valence-electron chi connectivity index (χ1n) is 5.76. The summed E-state index contributed by atoms with van der Waals surface area (Å²) in [6.45, 7) is 2.28. The van der Waals surface area contributed by atoms with Crippen LogP contribution in [0.3, 0.4) is 0 Å². The fourth-order valence-corrected chi connectivity index (χ4v) is 1.66. The van der Waals surface area contributed by atoms with E-state index in [9.17, 15) is 10.1 Å². The molecule has 2 rings (SSSR count). The van der Waals surface area contributed by atoms with Crippen LogP contribution >= 0.6 is 0 Å². The number of rotatable bonds is 5. The second kappa shape index (κ2) is 5.38. The summed E-state index contributed by atoms with van der Waals surface area (Å²) in [5, 5.41) is 17.9. The van der Waals surface area contributed by atoms with E-state index < -0.39 is 4.92 Å². The van der Waals surface area contributed by atoms with Crippen molar-refractivity contribution in [1.29, 1.82) is 0 Å². The number of hydrogen-bond acceptors (Lipinski definition) is 5. The second-order valence-corrected chi connectivity index (χ2v) is 3.93. The zero-order chi connectivity index (χ0) is 13.8. The van der Waals surface area contributed by atoms with Gasteiger partial charge in [0.15, 0.2) is 0 Å². The fourth-order valence-electron chi connectivity index (χ4n) is 1.66. The predicted molar refractivity (Wildman–Crippen MR) is 70.8 cm³/mol. The number of anilines is 2.